The van der Waals surface area contributed by atoms with E-state index in [0.29, 0.717) is 16.7 Å². The van der Waals surface area contributed by atoms with Gasteiger partial charge in [0.05, 0.1) is 12.7 Å². The first-order valence-electron chi connectivity index (χ1n) is 8.64. The molecule has 1 aromatic carbocycles. The average Bonchev–Trinajstić information content (AvgIpc) is 2.58. The predicted octanol–water partition coefficient (Wildman–Crippen LogP) is 6.26. The Morgan fingerprint density at radius 3 is 2.28 bits per heavy atom. The number of rotatable bonds is 4. The van der Waals surface area contributed by atoms with Gasteiger partial charge in [-0.2, -0.15) is 0 Å². The number of hydrogen-bond acceptors (Lipinski definition) is 2. The van der Waals surface area contributed by atoms with Crippen molar-refractivity contribution in [2.24, 2.45) is 5.41 Å². The molecule has 1 aliphatic rings. The van der Waals surface area contributed by atoms with Crippen LogP contribution in [-0.2, 0) is 4.74 Å². The van der Waals surface area contributed by atoms with Crippen molar-refractivity contribution in [3.8, 4) is 0 Å². The molecular formula is C22H27FO2. The normalized spacial score (nSPS) is 17.8. The summed E-state index contributed by atoms with van der Waals surface area (Å²) in [6, 6.07) is 6.36. The summed E-state index contributed by atoms with van der Waals surface area (Å²) < 4.78 is 19.7. The zero-order valence-corrected chi connectivity index (χ0v) is 15.8. The highest BCUT2D eigenvalue weighted by Gasteiger charge is 2.31. The van der Waals surface area contributed by atoms with E-state index >= 15 is 4.39 Å². The summed E-state index contributed by atoms with van der Waals surface area (Å²) in [5, 5.41) is 0. The van der Waals surface area contributed by atoms with Crippen molar-refractivity contribution in [3.63, 3.8) is 0 Å². The molecule has 0 saturated heterocycles. The lowest BCUT2D eigenvalue weighted by Gasteiger charge is -2.36. The van der Waals surface area contributed by atoms with E-state index < -0.39 is 5.97 Å². The zero-order valence-electron chi connectivity index (χ0n) is 15.8. The minimum absolute atomic E-state index is 0.00962. The Morgan fingerprint density at radius 2 is 1.76 bits per heavy atom. The van der Waals surface area contributed by atoms with E-state index in [0.717, 1.165) is 24.8 Å². The number of carbonyl (C=O) groups excluding carboxylic acids is 1. The highest BCUT2D eigenvalue weighted by molar-refractivity contribution is 5.89. The van der Waals surface area contributed by atoms with Crippen molar-refractivity contribution in [3.05, 3.63) is 64.3 Å². The lowest BCUT2D eigenvalue weighted by atomic mass is 9.69. The lowest BCUT2D eigenvalue weighted by Crippen LogP contribution is -2.22. The molecule has 0 amide bonds. The van der Waals surface area contributed by atoms with Crippen LogP contribution in [0.3, 0.4) is 0 Å². The van der Waals surface area contributed by atoms with E-state index in [-0.39, 0.29) is 11.2 Å². The van der Waals surface area contributed by atoms with Gasteiger partial charge < -0.3 is 4.74 Å². The third-order valence-electron chi connectivity index (χ3n) is 5.10. The van der Waals surface area contributed by atoms with Gasteiger partial charge in [-0.05, 0) is 67.4 Å². The second-order valence-electron chi connectivity index (χ2n) is 7.38. The molecule has 3 heteroatoms. The fourth-order valence-electron chi connectivity index (χ4n) is 3.70. The molecule has 1 aliphatic carbocycles. The van der Waals surface area contributed by atoms with Crippen molar-refractivity contribution in [1.29, 1.82) is 0 Å². The maximum absolute atomic E-state index is 15.0. The predicted molar refractivity (Wildman–Crippen MR) is 101 cm³/mol. The van der Waals surface area contributed by atoms with Crippen molar-refractivity contribution >= 4 is 11.8 Å². The Kier molecular flexibility index (Phi) is 5.66. The van der Waals surface area contributed by atoms with Crippen molar-refractivity contribution in [1.82, 2.24) is 0 Å². The van der Waals surface area contributed by atoms with Crippen LogP contribution in [0.2, 0.25) is 0 Å². The van der Waals surface area contributed by atoms with Crippen LogP contribution in [0.5, 0.6) is 0 Å². The zero-order chi connectivity index (χ0) is 18.8. The van der Waals surface area contributed by atoms with Gasteiger partial charge >= 0.3 is 5.97 Å². The summed E-state index contributed by atoms with van der Waals surface area (Å²) in [5.41, 5.74) is 4.66. The molecule has 0 heterocycles. The third-order valence-corrected chi connectivity index (χ3v) is 5.10. The van der Waals surface area contributed by atoms with Crippen molar-refractivity contribution < 1.29 is 13.9 Å². The van der Waals surface area contributed by atoms with Crippen LogP contribution in [0.4, 0.5) is 4.39 Å². The number of hydrogen-bond donors (Lipinski definition) is 0. The first-order chi connectivity index (χ1) is 11.7. The smallest absolute Gasteiger partial charge is 0.337 e. The van der Waals surface area contributed by atoms with Gasteiger partial charge in [0.25, 0.3) is 0 Å². The van der Waals surface area contributed by atoms with Gasteiger partial charge in [-0.25, -0.2) is 9.18 Å². The molecule has 0 atom stereocenters. The van der Waals surface area contributed by atoms with Gasteiger partial charge in [0.15, 0.2) is 0 Å². The number of methoxy groups -OCH3 is 1. The topological polar surface area (TPSA) is 26.3 Å². The highest BCUT2D eigenvalue weighted by Crippen LogP contribution is 2.45. The largest absolute Gasteiger partial charge is 0.465 e. The second kappa shape index (κ2) is 7.38. The van der Waals surface area contributed by atoms with E-state index in [4.69, 9.17) is 0 Å². The van der Waals surface area contributed by atoms with Crippen LogP contribution in [0.25, 0.3) is 5.83 Å². The maximum Gasteiger partial charge on any atom is 0.337 e. The van der Waals surface area contributed by atoms with Gasteiger partial charge in [0, 0.05) is 5.56 Å². The summed E-state index contributed by atoms with van der Waals surface area (Å²) >= 11 is 0. The minimum atomic E-state index is -0.429. The first kappa shape index (κ1) is 19.2. The summed E-state index contributed by atoms with van der Waals surface area (Å²) in [4.78, 5) is 11.5. The molecule has 1 aromatic rings. The van der Waals surface area contributed by atoms with Gasteiger partial charge in [0.1, 0.15) is 5.83 Å². The second-order valence-corrected chi connectivity index (χ2v) is 7.38. The van der Waals surface area contributed by atoms with Gasteiger partial charge in [-0.3, -0.25) is 0 Å². The fraction of sp³-hybridized carbons (Fsp3) is 0.409. The summed E-state index contributed by atoms with van der Waals surface area (Å²) in [5.74, 6) is -0.732. The minimum Gasteiger partial charge on any atom is -0.465 e. The number of benzene rings is 1. The number of halogens is 1. The molecule has 25 heavy (non-hydrogen) atoms. The summed E-state index contributed by atoms with van der Waals surface area (Å²) in [6.45, 7) is 12.5. The summed E-state index contributed by atoms with van der Waals surface area (Å²) in [7, 11) is 1.33. The number of carbonyl (C=O) groups is 1. The quantitative estimate of drug-likeness (QED) is 0.477. The molecule has 0 fully saturated rings. The Balaban J connectivity index is 2.38. The molecule has 0 aliphatic heterocycles. The fourth-order valence-corrected chi connectivity index (χ4v) is 3.70. The van der Waals surface area contributed by atoms with E-state index in [1.165, 1.54) is 18.3 Å². The number of allylic oxidation sites excluding steroid dienone is 4. The van der Waals surface area contributed by atoms with Crippen molar-refractivity contribution in [2.45, 2.75) is 47.0 Å². The maximum atomic E-state index is 15.0. The van der Waals surface area contributed by atoms with Crippen LogP contribution in [-0.4, -0.2) is 13.1 Å². The summed E-state index contributed by atoms with van der Waals surface area (Å²) in [6.07, 6.45) is 3.29. The SMILES string of the molecule is C=C(C1=C(C)CCCC1(C)C)/C(C)=C(\F)c1ccc(C(=O)OC)cc1. The Labute approximate surface area is 150 Å². The molecule has 134 valence electrons. The van der Waals surface area contributed by atoms with Crippen LogP contribution in [0, 0.1) is 5.41 Å². The molecule has 0 bridgehead atoms. The van der Waals surface area contributed by atoms with E-state index in [1.54, 1.807) is 31.2 Å². The molecule has 0 unspecified atom stereocenters. The Hall–Kier alpha value is -2.16. The molecule has 0 radical (unpaired) electrons. The van der Waals surface area contributed by atoms with Crippen molar-refractivity contribution in [2.75, 3.05) is 7.11 Å². The number of esters is 1. The number of ether oxygens (including phenoxy) is 1. The van der Waals surface area contributed by atoms with Crippen LogP contribution >= 0.6 is 0 Å². The molecule has 0 spiro atoms. The molecule has 2 rings (SSSR count). The average molecular weight is 342 g/mol. The molecule has 0 N–H and O–H groups in total. The molecule has 0 aromatic heterocycles. The monoisotopic (exact) mass is 342 g/mol. The third kappa shape index (κ3) is 3.92. The molecular weight excluding hydrogens is 315 g/mol. The standard InChI is InChI=1S/C22H27FO2/c1-14-8-7-13-22(4,5)19(14)15(2)16(3)20(23)17-9-11-18(12-10-17)21(24)25-6/h9-12H,2,7-8,13H2,1,3-6H3/b20-16-. The van der Waals surface area contributed by atoms with Crippen LogP contribution < -0.4 is 0 Å². The first-order valence-corrected chi connectivity index (χ1v) is 8.64. The highest BCUT2D eigenvalue weighted by atomic mass is 19.1. The van der Waals surface area contributed by atoms with Crippen LogP contribution in [0.1, 0.15) is 62.9 Å². The van der Waals surface area contributed by atoms with E-state index in [9.17, 15) is 4.79 Å². The Bertz CT molecular complexity index is 749. The molecule has 0 saturated carbocycles. The van der Waals surface area contributed by atoms with Crippen LogP contribution in [0.15, 0.2) is 53.1 Å². The van der Waals surface area contributed by atoms with Gasteiger partial charge in [-0.1, -0.05) is 38.1 Å². The van der Waals surface area contributed by atoms with E-state index in [2.05, 4.69) is 32.1 Å². The Morgan fingerprint density at radius 1 is 1.20 bits per heavy atom. The van der Waals surface area contributed by atoms with Gasteiger partial charge in [0.2, 0.25) is 0 Å². The van der Waals surface area contributed by atoms with E-state index in [1.807, 2.05) is 0 Å². The molecule has 2 nitrogen and oxygen atoms in total. The van der Waals surface area contributed by atoms with Gasteiger partial charge in [-0.15, -0.1) is 0 Å². The lowest BCUT2D eigenvalue weighted by molar-refractivity contribution is 0.0600.